The maximum absolute atomic E-state index is 13.8. The van der Waals surface area contributed by atoms with Gasteiger partial charge in [0.2, 0.25) is 5.91 Å². The van der Waals surface area contributed by atoms with Crippen molar-refractivity contribution in [1.82, 2.24) is 18.9 Å². The minimum atomic E-state index is -4.68. The first-order chi connectivity index (χ1) is 16.5. The summed E-state index contributed by atoms with van der Waals surface area (Å²) in [7, 11) is 3.48. The number of carbonyl (C=O) groups is 1. The third kappa shape index (κ3) is 4.07. The molecule has 0 aliphatic carbocycles. The average molecular weight is 484 g/mol. The van der Waals surface area contributed by atoms with Gasteiger partial charge >= 0.3 is 6.18 Å². The zero-order valence-electron chi connectivity index (χ0n) is 20.3. The second-order valence-corrected chi connectivity index (χ2v) is 9.50. The summed E-state index contributed by atoms with van der Waals surface area (Å²) in [5.41, 5.74) is 4.62. The fraction of sp³-hybridized carbons (Fsp3) is 0.385. The topological polar surface area (TPSA) is 45.8 Å². The monoisotopic (exact) mass is 483 g/mol. The number of likely N-dealkylation sites (N-methyl/N-ethyl adjacent to an activating group) is 1. The van der Waals surface area contributed by atoms with Crippen LogP contribution in [0.3, 0.4) is 0 Å². The Morgan fingerprint density at radius 1 is 1.14 bits per heavy atom. The molecule has 0 saturated heterocycles. The van der Waals surface area contributed by atoms with Gasteiger partial charge < -0.3 is 9.47 Å². The van der Waals surface area contributed by atoms with Crippen molar-refractivity contribution in [1.29, 1.82) is 0 Å². The normalized spacial score (nSPS) is 14.6. The SMILES string of the molecule is Cc1ccc2c(c1)c1c(n2CCC(=O)N(C)c2c(C(F)(F)F)nc3cc(C)ccn23)CCN(C)C1. The molecule has 5 rings (SSSR count). The van der Waals surface area contributed by atoms with Crippen molar-refractivity contribution in [2.75, 3.05) is 25.5 Å². The molecule has 3 aromatic heterocycles. The molecule has 4 heterocycles. The van der Waals surface area contributed by atoms with E-state index >= 15 is 0 Å². The summed E-state index contributed by atoms with van der Waals surface area (Å²) < 4.78 is 45.0. The highest BCUT2D eigenvalue weighted by atomic mass is 19.4. The van der Waals surface area contributed by atoms with Gasteiger partial charge in [0.05, 0.1) is 0 Å². The van der Waals surface area contributed by atoms with Gasteiger partial charge in [-0.3, -0.25) is 14.1 Å². The molecule has 1 aliphatic heterocycles. The minimum Gasteiger partial charge on any atom is -0.344 e. The Morgan fingerprint density at radius 3 is 2.63 bits per heavy atom. The van der Waals surface area contributed by atoms with Crippen LogP contribution >= 0.6 is 0 Å². The molecule has 0 saturated carbocycles. The number of benzene rings is 1. The van der Waals surface area contributed by atoms with Gasteiger partial charge in [-0.25, -0.2) is 4.98 Å². The quantitative estimate of drug-likeness (QED) is 0.412. The summed E-state index contributed by atoms with van der Waals surface area (Å²) in [4.78, 5) is 20.4. The van der Waals surface area contributed by atoms with Crippen LogP contribution in [0.2, 0.25) is 0 Å². The van der Waals surface area contributed by atoms with Crippen LogP contribution in [0.5, 0.6) is 0 Å². The number of hydrogen-bond acceptors (Lipinski definition) is 3. The summed E-state index contributed by atoms with van der Waals surface area (Å²) in [6, 6.07) is 9.58. The number of aromatic nitrogens is 3. The number of carbonyl (C=O) groups excluding carboxylic acids is 1. The molecule has 1 aliphatic rings. The molecule has 184 valence electrons. The Hall–Kier alpha value is -3.33. The molecule has 6 nitrogen and oxygen atoms in total. The first-order valence-corrected chi connectivity index (χ1v) is 11.7. The number of rotatable bonds is 4. The molecule has 0 atom stereocenters. The summed E-state index contributed by atoms with van der Waals surface area (Å²) in [5, 5.41) is 1.18. The third-order valence-electron chi connectivity index (χ3n) is 6.87. The highest BCUT2D eigenvalue weighted by Crippen LogP contribution is 2.37. The Bertz CT molecular complexity index is 1450. The summed E-state index contributed by atoms with van der Waals surface area (Å²) >= 11 is 0. The summed E-state index contributed by atoms with van der Waals surface area (Å²) in [6.45, 7) is 6.01. The molecule has 35 heavy (non-hydrogen) atoms. The Morgan fingerprint density at radius 2 is 1.89 bits per heavy atom. The summed E-state index contributed by atoms with van der Waals surface area (Å²) in [6.07, 6.45) is -2.20. The highest BCUT2D eigenvalue weighted by Gasteiger charge is 2.40. The first kappa shape index (κ1) is 23.4. The number of imidazole rings is 1. The standard InChI is InChI=1S/C26H28F3N5O/c1-16-5-6-20-18(13-16)19-15-31(3)10-8-21(19)33(20)12-9-23(35)32(4)25-24(26(27,28)29)30-22-14-17(2)7-11-34(22)25/h5-7,11,13-14H,8-10,12,15H2,1-4H3. The van der Waals surface area contributed by atoms with E-state index in [0.717, 1.165) is 35.5 Å². The van der Waals surface area contributed by atoms with Crippen molar-refractivity contribution < 1.29 is 18.0 Å². The number of anilines is 1. The Labute approximate surface area is 201 Å². The number of halogens is 3. The lowest BCUT2D eigenvalue weighted by Gasteiger charge is -2.24. The average Bonchev–Trinajstić information content (AvgIpc) is 3.32. The minimum absolute atomic E-state index is 0.0762. The Kier molecular flexibility index (Phi) is 5.62. The number of pyridine rings is 1. The third-order valence-corrected chi connectivity index (χ3v) is 6.87. The molecule has 1 amide bonds. The second kappa shape index (κ2) is 8.41. The zero-order valence-corrected chi connectivity index (χ0v) is 20.3. The lowest BCUT2D eigenvalue weighted by atomic mass is 10.0. The van der Waals surface area contributed by atoms with E-state index in [2.05, 4.69) is 46.6 Å². The predicted molar refractivity (Wildman–Crippen MR) is 130 cm³/mol. The van der Waals surface area contributed by atoms with Crippen LogP contribution in [-0.4, -0.2) is 45.4 Å². The van der Waals surface area contributed by atoms with Gasteiger partial charge in [0.15, 0.2) is 11.5 Å². The van der Waals surface area contributed by atoms with Crippen LogP contribution in [0.25, 0.3) is 16.6 Å². The fourth-order valence-corrected chi connectivity index (χ4v) is 5.09. The van der Waals surface area contributed by atoms with Crippen LogP contribution in [0.4, 0.5) is 19.0 Å². The van der Waals surface area contributed by atoms with Gasteiger partial charge in [-0.15, -0.1) is 0 Å². The molecular formula is C26H28F3N5O. The van der Waals surface area contributed by atoms with Gasteiger partial charge in [0.25, 0.3) is 0 Å². The molecule has 0 unspecified atom stereocenters. The van der Waals surface area contributed by atoms with E-state index < -0.39 is 17.8 Å². The van der Waals surface area contributed by atoms with Gasteiger partial charge in [0.1, 0.15) is 5.65 Å². The molecule has 0 radical (unpaired) electrons. The lowest BCUT2D eigenvalue weighted by molar-refractivity contribution is -0.140. The van der Waals surface area contributed by atoms with Crippen LogP contribution in [0, 0.1) is 13.8 Å². The maximum atomic E-state index is 13.8. The van der Waals surface area contributed by atoms with E-state index in [4.69, 9.17) is 0 Å². The summed E-state index contributed by atoms with van der Waals surface area (Å²) in [5.74, 6) is -0.650. The number of nitrogens with zero attached hydrogens (tertiary/aromatic N) is 5. The van der Waals surface area contributed by atoms with E-state index in [1.165, 1.54) is 39.9 Å². The van der Waals surface area contributed by atoms with Crippen LogP contribution in [-0.2, 0) is 30.5 Å². The van der Waals surface area contributed by atoms with Crippen molar-refractivity contribution in [2.45, 2.75) is 46.0 Å². The molecule has 0 spiro atoms. The lowest BCUT2D eigenvalue weighted by Crippen LogP contribution is -2.31. The van der Waals surface area contributed by atoms with Crippen molar-refractivity contribution in [3.8, 4) is 0 Å². The number of aryl methyl sites for hydroxylation is 3. The number of fused-ring (bicyclic) bond motifs is 4. The molecule has 4 aromatic rings. The van der Waals surface area contributed by atoms with E-state index in [0.29, 0.717) is 6.54 Å². The first-order valence-electron chi connectivity index (χ1n) is 11.7. The van der Waals surface area contributed by atoms with Crippen molar-refractivity contribution >= 4 is 28.3 Å². The van der Waals surface area contributed by atoms with Crippen molar-refractivity contribution in [2.24, 2.45) is 0 Å². The fourth-order valence-electron chi connectivity index (χ4n) is 5.09. The van der Waals surface area contributed by atoms with Crippen molar-refractivity contribution in [3.05, 3.63) is 64.6 Å². The van der Waals surface area contributed by atoms with Gasteiger partial charge in [0, 0.05) is 62.3 Å². The Balaban J connectivity index is 1.48. The zero-order chi connectivity index (χ0) is 25.1. The molecule has 0 fully saturated rings. The molecule has 1 aromatic carbocycles. The van der Waals surface area contributed by atoms with E-state index in [-0.39, 0.29) is 17.9 Å². The predicted octanol–water partition coefficient (Wildman–Crippen LogP) is 4.97. The van der Waals surface area contributed by atoms with E-state index in [1.54, 1.807) is 19.1 Å². The van der Waals surface area contributed by atoms with Crippen molar-refractivity contribution in [3.63, 3.8) is 0 Å². The second-order valence-electron chi connectivity index (χ2n) is 9.50. The molecule has 9 heteroatoms. The van der Waals surface area contributed by atoms with E-state index in [9.17, 15) is 18.0 Å². The largest absolute Gasteiger partial charge is 0.437 e. The number of hydrogen-bond donors (Lipinski definition) is 0. The maximum Gasteiger partial charge on any atom is 0.437 e. The molecule has 0 bridgehead atoms. The molecular weight excluding hydrogens is 455 g/mol. The van der Waals surface area contributed by atoms with Crippen LogP contribution in [0.1, 0.15) is 34.5 Å². The van der Waals surface area contributed by atoms with Crippen LogP contribution < -0.4 is 4.90 Å². The number of amides is 1. The van der Waals surface area contributed by atoms with E-state index in [1.807, 2.05) is 0 Å². The van der Waals surface area contributed by atoms with Gasteiger partial charge in [-0.05, 0) is 56.3 Å². The highest BCUT2D eigenvalue weighted by molar-refractivity contribution is 5.93. The van der Waals surface area contributed by atoms with Crippen LogP contribution in [0.15, 0.2) is 36.5 Å². The van der Waals surface area contributed by atoms with Gasteiger partial charge in [-0.2, -0.15) is 13.2 Å². The van der Waals surface area contributed by atoms with Gasteiger partial charge in [-0.1, -0.05) is 11.6 Å². The smallest absolute Gasteiger partial charge is 0.344 e. The molecule has 0 N–H and O–H groups in total. The number of alkyl halides is 3.